The quantitative estimate of drug-likeness (QED) is 0.325. The molecular formula is C12H12N4. The van der Waals surface area contributed by atoms with Gasteiger partial charge in [0, 0.05) is 11.5 Å². The first kappa shape index (κ1) is 11.8. The first-order valence-corrected chi connectivity index (χ1v) is 4.96. The lowest BCUT2D eigenvalue weighted by Gasteiger charge is -1.99. The van der Waals surface area contributed by atoms with Crippen molar-refractivity contribution in [1.82, 2.24) is 0 Å². The molecule has 1 aromatic rings. The number of hydrogen-bond acceptors (Lipinski definition) is 2. The number of rotatable bonds is 4. The maximum absolute atomic E-state index is 8.90. The molecule has 0 amide bonds. The van der Waals surface area contributed by atoms with Crippen LogP contribution in [0.15, 0.2) is 29.4 Å². The van der Waals surface area contributed by atoms with E-state index < -0.39 is 0 Å². The fraction of sp³-hybridized carbons (Fsp3) is 0.250. The van der Waals surface area contributed by atoms with Crippen LogP contribution >= 0.6 is 0 Å². The third-order valence-electron chi connectivity index (χ3n) is 2.08. The van der Waals surface area contributed by atoms with E-state index in [0.717, 1.165) is 11.1 Å². The Morgan fingerprint density at radius 3 is 3.06 bits per heavy atom. The Labute approximate surface area is 94.5 Å². The molecular weight excluding hydrogens is 200 g/mol. The molecule has 0 bridgehead atoms. The molecule has 1 rings (SSSR count). The summed E-state index contributed by atoms with van der Waals surface area (Å²) in [7, 11) is 0. The molecule has 0 spiro atoms. The SMILES string of the molecule is Cc1ccc(C#N)c(C=CCCN=[N+]=[N-])c1. The van der Waals surface area contributed by atoms with Crippen molar-refractivity contribution in [1.29, 1.82) is 5.26 Å². The average Bonchev–Trinajstić information content (AvgIpc) is 2.29. The zero-order valence-electron chi connectivity index (χ0n) is 9.09. The fourth-order valence-electron chi connectivity index (χ4n) is 1.31. The fourth-order valence-corrected chi connectivity index (χ4v) is 1.31. The van der Waals surface area contributed by atoms with Crippen LogP contribution in [0.5, 0.6) is 0 Å². The van der Waals surface area contributed by atoms with Crippen molar-refractivity contribution >= 4 is 6.08 Å². The van der Waals surface area contributed by atoms with Gasteiger partial charge in [-0.3, -0.25) is 0 Å². The normalized spacial score (nSPS) is 9.75. The molecule has 4 heteroatoms. The van der Waals surface area contributed by atoms with Gasteiger partial charge in [0.05, 0.1) is 11.6 Å². The molecule has 0 radical (unpaired) electrons. The molecule has 4 nitrogen and oxygen atoms in total. The van der Waals surface area contributed by atoms with E-state index in [1.54, 1.807) is 0 Å². The van der Waals surface area contributed by atoms with Crippen LogP contribution in [0.3, 0.4) is 0 Å². The van der Waals surface area contributed by atoms with Gasteiger partial charge < -0.3 is 0 Å². The Morgan fingerprint density at radius 1 is 1.56 bits per heavy atom. The van der Waals surface area contributed by atoms with Crippen LogP contribution < -0.4 is 0 Å². The number of azide groups is 1. The van der Waals surface area contributed by atoms with Gasteiger partial charge in [-0.15, -0.1) is 0 Å². The van der Waals surface area contributed by atoms with E-state index in [9.17, 15) is 0 Å². The molecule has 0 fully saturated rings. The summed E-state index contributed by atoms with van der Waals surface area (Å²) < 4.78 is 0. The highest BCUT2D eigenvalue weighted by molar-refractivity contribution is 5.58. The standard InChI is InChI=1S/C12H12N4/c1-10-5-6-12(9-13)11(8-10)4-2-3-7-15-16-14/h2,4-6,8H,3,7H2,1H3. The summed E-state index contributed by atoms with van der Waals surface area (Å²) in [4.78, 5) is 2.67. The Balaban J connectivity index is 2.76. The zero-order valence-corrected chi connectivity index (χ0v) is 9.09. The molecule has 0 N–H and O–H groups in total. The molecule has 0 saturated carbocycles. The van der Waals surface area contributed by atoms with Crippen molar-refractivity contribution in [3.05, 3.63) is 51.4 Å². The van der Waals surface area contributed by atoms with Gasteiger partial charge in [-0.25, -0.2) is 0 Å². The molecule has 0 saturated heterocycles. The third-order valence-corrected chi connectivity index (χ3v) is 2.08. The number of nitriles is 1. The van der Waals surface area contributed by atoms with Crippen LogP contribution in [0, 0.1) is 18.3 Å². The van der Waals surface area contributed by atoms with Crippen LogP contribution in [-0.2, 0) is 0 Å². The van der Waals surface area contributed by atoms with Gasteiger partial charge in [0.15, 0.2) is 0 Å². The molecule has 0 atom stereocenters. The first-order valence-electron chi connectivity index (χ1n) is 4.96. The summed E-state index contributed by atoms with van der Waals surface area (Å²) in [6.07, 6.45) is 4.48. The predicted octanol–water partition coefficient (Wildman–Crippen LogP) is 3.58. The van der Waals surface area contributed by atoms with Crippen LogP contribution in [0.1, 0.15) is 23.1 Å². The van der Waals surface area contributed by atoms with E-state index in [1.807, 2.05) is 37.3 Å². The van der Waals surface area contributed by atoms with Crippen molar-refractivity contribution in [3.63, 3.8) is 0 Å². The monoisotopic (exact) mass is 212 g/mol. The number of nitrogens with zero attached hydrogens (tertiary/aromatic N) is 4. The predicted molar refractivity (Wildman–Crippen MR) is 63.6 cm³/mol. The van der Waals surface area contributed by atoms with Gasteiger partial charge >= 0.3 is 0 Å². The minimum Gasteiger partial charge on any atom is -0.192 e. The second-order valence-electron chi connectivity index (χ2n) is 3.35. The lowest BCUT2D eigenvalue weighted by Crippen LogP contribution is -1.83. The summed E-state index contributed by atoms with van der Waals surface area (Å²) in [5.41, 5.74) is 10.8. The number of aryl methyl sites for hydroxylation is 1. The van der Waals surface area contributed by atoms with E-state index in [-0.39, 0.29) is 0 Å². The minimum absolute atomic E-state index is 0.445. The maximum Gasteiger partial charge on any atom is 0.0997 e. The summed E-state index contributed by atoms with van der Waals surface area (Å²) in [6, 6.07) is 7.82. The van der Waals surface area contributed by atoms with Gasteiger partial charge in [-0.2, -0.15) is 5.26 Å². The first-order chi connectivity index (χ1) is 7.77. The van der Waals surface area contributed by atoms with Crippen molar-refractivity contribution in [3.8, 4) is 6.07 Å². The largest absolute Gasteiger partial charge is 0.192 e. The summed E-state index contributed by atoms with van der Waals surface area (Å²) in [6.45, 7) is 2.43. The molecule has 1 aromatic carbocycles. The van der Waals surface area contributed by atoms with E-state index in [4.69, 9.17) is 10.8 Å². The topological polar surface area (TPSA) is 72.5 Å². The summed E-state index contributed by atoms with van der Waals surface area (Å²) >= 11 is 0. The number of benzene rings is 1. The van der Waals surface area contributed by atoms with E-state index in [0.29, 0.717) is 18.5 Å². The number of hydrogen-bond donors (Lipinski definition) is 0. The molecule has 80 valence electrons. The van der Waals surface area contributed by atoms with Crippen LogP contribution in [0.25, 0.3) is 16.5 Å². The van der Waals surface area contributed by atoms with Gasteiger partial charge in [0.25, 0.3) is 0 Å². The second-order valence-corrected chi connectivity index (χ2v) is 3.35. The smallest absolute Gasteiger partial charge is 0.0997 e. The molecule has 0 unspecified atom stereocenters. The summed E-state index contributed by atoms with van der Waals surface area (Å²) in [5, 5.41) is 12.3. The molecule has 0 aliphatic heterocycles. The molecule has 0 aliphatic carbocycles. The van der Waals surface area contributed by atoms with Gasteiger partial charge in [-0.1, -0.05) is 35.0 Å². The Hall–Kier alpha value is -2.24. The van der Waals surface area contributed by atoms with Crippen molar-refractivity contribution < 1.29 is 0 Å². The van der Waals surface area contributed by atoms with Gasteiger partial charge in [-0.05, 0) is 30.5 Å². The Kier molecular flexibility index (Phi) is 4.65. The van der Waals surface area contributed by atoms with Gasteiger partial charge in [0.2, 0.25) is 0 Å². The van der Waals surface area contributed by atoms with Crippen LogP contribution in [0.4, 0.5) is 0 Å². The lowest BCUT2D eigenvalue weighted by atomic mass is 10.0. The minimum atomic E-state index is 0.445. The Bertz CT molecular complexity index is 476. The van der Waals surface area contributed by atoms with Crippen molar-refractivity contribution in [2.45, 2.75) is 13.3 Å². The molecule has 0 heterocycles. The molecule has 0 aromatic heterocycles. The highest BCUT2D eigenvalue weighted by Gasteiger charge is 1.97. The highest BCUT2D eigenvalue weighted by atomic mass is 15.1. The second kappa shape index (κ2) is 6.28. The Morgan fingerprint density at radius 2 is 2.38 bits per heavy atom. The van der Waals surface area contributed by atoms with E-state index >= 15 is 0 Å². The van der Waals surface area contributed by atoms with Crippen molar-refractivity contribution in [2.75, 3.05) is 6.54 Å². The molecule has 16 heavy (non-hydrogen) atoms. The average molecular weight is 212 g/mol. The van der Waals surface area contributed by atoms with E-state index in [1.165, 1.54) is 0 Å². The van der Waals surface area contributed by atoms with Gasteiger partial charge in [0.1, 0.15) is 0 Å². The third kappa shape index (κ3) is 3.49. The van der Waals surface area contributed by atoms with Crippen molar-refractivity contribution in [2.24, 2.45) is 5.11 Å². The van der Waals surface area contributed by atoms with Crippen LogP contribution in [0.2, 0.25) is 0 Å². The lowest BCUT2D eigenvalue weighted by molar-refractivity contribution is 0.995. The zero-order chi connectivity index (χ0) is 11.8. The van der Waals surface area contributed by atoms with E-state index in [2.05, 4.69) is 16.1 Å². The summed E-state index contributed by atoms with van der Waals surface area (Å²) in [5.74, 6) is 0. The molecule has 0 aliphatic rings. The van der Waals surface area contributed by atoms with Crippen LogP contribution in [-0.4, -0.2) is 6.54 Å². The highest BCUT2D eigenvalue weighted by Crippen LogP contribution is 2.12. The maximum atomic E-state index is 8.90.